The molecular formula is C18H24N6O3. The second kappa shape index (κ2) is 7.50. The quantitative estimate of drug-likeness (QED) is 0.832. The molecule has 2 aliphatic heterocycles. The average molecular weight is 372 g/mol. The van der Waals surface area contributed by atoms with Gasteiger partial charge in [0.2, 0.25) is 5.91 Å². The van der Waals surface area contributed by atoms with E-state index in [0.717, 1.165) is 37.5 Å². The Morgan fingerprint density at radius 2 is 1.93 bits per heavy atom. The van der Waals surface area contributed by atoms with Crippen molar-refractivity contribution >= 4 is 5.91 Å². The first-order chi connectivity index (χ1) is 13.1. The third kappa shape index (κ3) is 3.72. The monoisotopic (exact) mass is 372 g/mol. The number of aromatic amines is 1. The number of carbonyl (C=O) groups is 1. The number of hydrogen-bond donors (Lipinski definition) is 1. The maximum absolute atomic E-state index is 12.5. The molecular weight excluding hydrogens is 348 g/mol. The molecule has 1 N–H and O–H groups in total. The van der Waals surface area contributed by atoms with E-state index >= 15 is 0 Å². The number of likely N-dealkylation sites (tertiary alicyclic amines) is 1. The number of aromatic nitrogens is 5. The van der Waals surface area contributed by atoms with Gasteiger partial charge in [0.05, 0.1) is 0 Å². The molecule has 9 nitrogen and oxygen atoms in total. The van der Waals surface area contributed by atoms with E-state index in [2.05, 4.69) is 19.7 Å². The van der Waals surface area contributed by atoms with Crippen molar-refractivity contribution in [1.82, 2.24) is 29.2 Å². The maximum Gasteiger partial charge on any atom is 0.328 e. The van der Waals surface area contributed by atoms with Crippen LogP contribution in [0.1, 0.15) is 49.7 Å². The van der Waals surface area contributed by atoms with Crippen LogP contribution in [-0.2, 0) is 24.3 Å². The number of H-pyrrole nitrogens is 1. The van der Waals surface area contributed by atoms with Crippen LogP contribution >= 0.6 is 0 Å². The van der Waals surface area contributed by atoms with Crippen LogP contribution < -0.4 is 11.2 Å². The van der Waals surface area contributed by atoms with Crippen molar-refractivity contribution in [2.45, 2.75) is 57.5 Å². The van der Waals surface area contributed by atoms with Crippen LogP contribution in [0.25, 0.3) is 0 Å². The zero-order chi connectivity index (χ0) is 18.8. The Bertz CT molecular complexity index is 935. The lowest BCUT2D eigenvalue weighted by molar-refractivity contribution is -0.133. The number of aryl methyl sites for hydroxylation is 1. The second-order valence-corrected chi connectivity index (χ2v) is 7.33. The fourth-order valence-electron chi connectivity index (χ4n) is 4.01. The molecule has 0 saturated carbocycles. The number of carbonyl (C=O) groups excluding carboxylic acids is 1. The van der Waals surface area contributed by atoms with Gasteiger partial charge < -0.3 is 9.47 Å². The van der Waals surface area contributed by atoms with Crippen molar-refractivity contribution in [3.8, 4) is 0 Å². The first-order valence-electron chi connectivity index (χ1n) is 9.61. The molecule has 144 valence electrons. The topological polar surface area (TPSA) is 106 Å². The van der Waals surface area contributed by atoms with Crippen molar-refractivity contribution in [3.63, 3.8) is 0 Å². The molecule has 4 rings (SSSR count). The van der Waals surface area contributed by atoms with Crippen molar-refractivity contribution in [1.29, 1.82) is 0 Å². The Balaban J connectivity index is 1.39. The van der Waals surface area contributed by atoms with Gasteiger partial charge in [0.1, 0.15) is 18.2 Å². The van der Waals surface area contributed by atoms with Crippen LogP contribution in [0.3, 0.4) is 0 Å². The summed E-state index contributed by atoms with van der Waals surface area (Å²) in [5.74, 6) is 2.38. The van der Waals surface area contributed by atoms with Gasteiger partial charge in [-0.15, -0.1) is 10.2 Å². The standard InChI is InChI=1S/C18H24N6O3/c25-15-7-11-23(18(27)19-15)12-16(26)22-9-5-13(6-10-22)17-21-20-14-4-2-1-3-8-24(14)17/h7,11,13H,1-6,8-10,12H2,(H,19,25,27). The lowest BCUT2D eigenvalue weighted by atomic mass is 9.95. The lowest BCUT2D eigenvalue weighted by Gasteiger charge is -2.32. The van der Waals surface area contributed by atoms with Gasteiger partial charge in [-0.1, -0.05) is 6.42 Å². The van der Waals surface area contributed by atoms with Crippen LogP contribution in [0.5, 0.6) is 0 Å². The van der Waals surface area contributed by atoms with E-state index in [1.165, 1.54) is 36.1 Å². The summed E-state index contributed by atoms with van der Waals surface area (Å²) in [6.07, 6.45) is 7.64. The van der Waals surface area contributed by atoms with E-state index in [1.54, 1.807) is 4.90 Å². The number of nitrogens with one attached hydrogen (secondary N) is 1. The van der Waals surface area contributed by atoms with Gasteiger partial charge in [-0.05, 0) is 25.7 Å². The van der Waals surface area contributed by atoms with Crippen molar-refractivity contribution in [3.05, 3.63) is 44.8 Å². The molecule has 0 unspecified atom stereocenters. The summed E-state index contributed by atoms with van der Waals surface area (Å²) in [6, 6.07) is 1.25. The molecule has 0 radical (unpaired) electrons. The van der Waals surface area contributed by atoms with E-state index in [-0.39, 0.29) is 12.5 Å². The number of amides is 1. The second-order valence-electron chi connectivity index (χ2n) is 7.33. The molecule has 0 bridgehead atoms. The van der Waals surface area contributed by atoms with Crippen LogP contribution in [0.2, 0.25) is 0 Å². The zero-order valence-corrected chi connectivity index (χ0v) is 15.3. The highest BCUT2D eigenvalue weighted by Crippen LogP contribution is 2.29. The molecule has 1 fully saturated rings. The van der Waals surface area contributed by atoms with Crippen LogP contribution in [0, 0.1) is 0 Å². The molecule has 1 amide bonds. The molecule has 0 aliphatic carbocycles. The van der Waals surface area contributed by atoms with Crippen LogP contribution in [0.4, 0.5) is 0 Å². The van der Waals surface area contributed by atoms with Gasteiger partial charge in [0.15, 0.2) is 0 Å². The summed E-state index contributed by atoms with van der Waals surface area (Å²) in [4.78, 5) is 39.3. The Labute approximate surface area is 156 Å². The van der Waals surface area contributed by atoms with E-state index in [9.17, 15) is 14.4 Å². The van der Waals surface area contributed by atoms with E-state index < -0.39 is 11.2 Å². The zero-order valence-electron chi connectivity index (χ0n) is 15.3. The minimum absolute atomic E-state index is 0.0549. The van der Waals surface area contributed by atoms with Crippen LogP contribution in [-0.4, -0.2) is 48.2 Å². The van der Waals surface area contributed by atoms with Crippen LogP contribution in [0.15, 0.2) is 21.9 Å². The number of nitrogens with zero attached hydrogens (tertiary/aromatic N) is 5. The third-order valence-corrected chi connectivity index (χ3v) is 5.55. The molecule has 9 heteroatoms. The van der Waals surface area contributed by atoms with E-state index in [4.69, 9.17) is 0 Å². The molecule has 0 atom stereocenters. The first kappa shape index (κ1) is 17.7. The highest BCUT2D eigenvalue weighted by molar-refractivity contribution is 5.76. The highest BCUT2D eigenvalue weighted by atomic mass is 16.2. The molecule has 2 aliphatic rings. The normalized spacial score (nSPS) is 18.1. The molecule has 2 aromatic rings. The number of rotatable bonds is 3. The highest BCUT2D eigenvalue weighted by Gasteiger charge is 2.28. The summed E-state index contributed by atoms with van der Waals surface area (Å²) in [5, 5.41) is 8.84. The van der Waals surface area contributed by atoms with Crippen molar-refractivity contribution in [2.75, 3.05) is 13.1 Å². The summed E-state index contributed by atoms with van der Waals surface area (Å²) < 4.78 is 3.52. The molecule has 4 heterocycles. The number of piperidine rings is 1. The minimum Gasteiger partial charge on any atom is -0.341 e. The third-order valence-electron chi connectivity index (χ3n) is 5.55. The van der Waals surface area contributed by atoms with Gasteiger partial charge >= 0.3 is 5.69 Å². The van der Waals surface area contributed by atoms with Gasteiger partial charge in [-0.2, -0.15) is 0 Å². The summed E-state index contributed by atoms with van der Waals surface area (Å²) >= 11 is 0. The average Bonchev–Trinajstić information content (AvgIpc) is 2.92. The predicted octanol–water partition coefficient (Wildman–Crippen LogP) is 0.261. The fourth-order valence-corrected chi connectivity index (χ4v) is 4.01. The lowest BCUT2D eigenvalue weighted by Crippen LogP contribution is -2.42. The maximum atomic E-state index is 12.5. The number of fused-ring (bicyclic) bond motifs is 1. The van der Waals surface area contributed by atoms with E-state index in [1.807, 2.05) is 0 Å². The van der Waals surface area contributed by atoms with Crippen molar-refractivity contribution < 1.29 is 4.79 Å². The van der Waals surface area contributed by atoms with Gasteiger partial charge in [0, 0.05) is 44.2 Å². The summed E-state index contributed by atoms with van der Waals surface area (Å²) in [7, 11) is 0. The van der Waals surface area contributed by atoms with Gasteiger partial charge in [-0.25, -0.2) is 4.79 Å². The Kier molecular flexibility index (Phi) is 4.91. The molecule has 0 aromatic carbocycles. The Morgan fingerprint density at radius 3 is 2.70 bits per heavy atom. The van der Waals surface area contributed by atoms with Gasteiger partial charge in [-0.3, -0.25) is 19.1 Å². The minimum atomic E-state index is -0.558. The SMILES string of the molecule is O=C(Cn1ccc(=O)[nH]c1=O)N1CCC(c2nnc3n2CCCCC3)CC1. The summed E-state index contributed by atoms with van der Waals surface area (Å²) in [5.41, 5.74) is -1.02. The first-order valence-corrected chi connectivity index (χ1v) is 9.61. The van der Waals surface area contributed by atoms with E-state index in [0.29, 0.717) is 19.0 Å². The molecule has 27 heavy (non-hydrogen) atoms. The molecule has 0 spiro atoms. The smallest absolute Gasteiger partial charge is 0.328 e. The number of hydrogen-bond acceptors (Lipinski definition) is 5. The Hall–Kier alpha value is -2.71. The summed E-state index contributed by atoms with van der Waals surface area (Å²) in [6.45, 7) is 2.22. The largest absolute Gasteiger partial charge is 0.341 e. The molecule has 1 saturated heterocycles. The molecule has 2 aromatic heterocycles. The Morgan fingerprint density at radius 1 is 1.11 bits per heavy atom. The van der Waals surface area contributed by atoms with Gasteiger partial charge in [0.25, 0.3) is 5.56 Å². The van der Waals surface area contributed by atoms with Crippen molar-refractivity contribution in [2.24, 2.45) is 0 Å². The predicted molar refractivity (Wildman–Crippen MR) is 97.5 cm³/mol. The fraction of sp³-hybridized carbons (Fsp3) is 0.611.